The lowest BCUT2D eigenvalue weighted by Gasteiger charge is -2.07. The highest BCUT2D eigenvalue weighted by Crippen LogP contribution is 2.14. The summed E-state index contributed by atoms with van der Waals surface area (Å²) in [6.45, 7) is 5.74. The number of benzene rings is 1. The van der Waals surface area contributed by atoms with Crippen LogP contribution in [-0.2, 0) is 17.9 Å². The molecular weight excluding hydrogens is 376 g/mol. The number of amides is 1. The van der Waals surface area contributed by atoms with Gasteiger partial charge in [0.15, 0.2) is 16.4 Å². The van der Waals surface area contributed by atoms with Crippen LogP contribution in [0, 0.1) is 4.77 Å². The molecule has 0 atom stereocenters. The molecule has 0 bridgehead atoms. The van der Waals surface area contributed by atoms with Gasteiger partial charge in [-0.05, 0) is 49.8 Å². The molecule has 2 rings (SSSR count). The highest BCUT2D eigenvalue weighted by Gasteiger charge is 2.11. The molecule has 0 aliphatic rings. The molecule has 152 valence electrons. The van der Waals surface area contributed by atoms with Crippen molar-refractivity contribution in [1.82, 2.24) is 20.1 Å². The van der Waals surface area contributed by atoms with Gasteiger partial charge in [0.25, 0.3) is 0 Å². The molecule has 0 fully saturated rings. The Bertz CT molecular complexity index is 827. The van der Waals surface area contributed by atoms with E-state index in [1.165, 1.54) is 0 Å². The van der Waals surface area contributed by atoms with Gasteiger partial charge in [-0.25, -0.2) is 0 Å². The molecule has 8 heteroatoms. The molecule has 1 amide bonds. The van der Waals surface area contributed by atoms with Crippen LogP contribution in [0.4, 0.5) is 0 Å². The number of ether oxygens (including phenoxy) is 1. The molecule has 2 aromatic rings. The number of aromatic amines is 1. The predicted molar refractivity (Wildman–Crippen MR) is 110 cm³/mol. The monoisotopic (exact) mass is 404 g/mol. The standard InChI is InChI=1S/C20H28N4O3S/c1-3-5-6-13-27-16-9-7-15(8-10-16)17(25)11-12-19(26)21-14-18-22-23-20(28)24(18)4-2/h7-10H,3-6,11-14H2,1-2H3,(H,21,26)(H,23,28). The van der Waals surface area contributed by atoms with E-state index in [0.717, 1.165) is 25.0 Å². The Balaban J connectivity index is 1.75. The number of Topliss-reactive ketones (excluding diaryl/α,β-unsaturated/α-hetero) is 1. The van der Waals surface area contributed by atoms with Gasteiger partial charge >= 0.3 is 0 Å². The summed E-state index contributed by atoms with van der Waals surface area (Å²) < 4.78 is 7.98. The largest absolute Gasteiger partial charge is 0.494 e. The molecule has 0 aliphatic carbocycles. The molecule has 0 unspecified atom stereocenters. The van der Waals surface area contributed by atoms with E-state index in [2.05, 4.69) is 22.4 Å². The molecule has 7 nitrogen and oxygen atoms in total. The van der Waals surface area contributed by atoms with E-state index in [9.17, 15) is 9.59 Å². The van der Waals surface area contributed by atoms with Crippen molar-refractivity contribution in [3.63, 3.8) is 0 Å². The third-order valence-corrected chi connectivity index (χ3v) is 4.68. The van der Waals surface area contributed by atoms with Crippen LogP contribution in [0.2, 0.25) is 0 Å². The molecule has 2 N–H and O–H groups in total. The van der Waals surface area contributed by atoms with Crippen LogP contribution in [0.25, 0.3) is 0 Å². The number of unbranched alkanes of at least 4 members (excludes halogenated alkanes) is 2. The van der Waals surface area contributed by atoms with Crippen LogP contribution in [0.15, 0.2) is 24.3 Å². The van der Waals surface area contributed by atoms with Gasteiger partial charge in [-0.3, -0.25) is 14.7 Å². The number of nitrogens with one attached hydrogen (secondary N) is 2. The summed E-state index contributed by atoms with van der Waals surface area (Å²) in [5, 5.41) is 9.58. The van der Waals surface area contributed by atoms with Crippen molar-refractivity contribution < 1.29 is 14.3 Å². The molecule has 0 spiro atoms. The zero-order chi connectivity index (χ0) is 20.4. The van der Waals surface area contributed by atoms with Crippen molar-refractivity contribution in [3.8, 4) is 5.75 Å². The fraction of sp³-hybridized carbons (Fsp3) is 0.500. The highest BCUT2D eigenvalue weighted by atomic mass is 32.1. The molecule has 0 radical (unpaired) electrons. The van der Waals surface area contributed by atoms with Crippen LogP contribution in [0.3, 0.4) is 0 Å². The van der Waals surface area contributed by atoms with E-state index >= 15 is 0 Å². The Labute approximate surface area is 170 Å². The Kier molecular flexibility index (Phi) is 8.87. The average Bonchev–Trinajstić information content (AvgIpc) is 3.07. The number of hydrogen-bond acceptors (Lipinski definition) is 5. The van der Waals surface area contributed by atoms with Gasteiger partial charge in [-0.2, -0.15) is 5.10 Å². The number of nitrogens with zero attached hydrogens (tertiary/aromatic N) is 2. The summed E-state index contributed by atoms with van der Waals surface area (Å²) in [7, 11) is 0. The number of hydrogen-bond donors (Lipinski definition) is 2. The minimum Gasteiger partial charge on any atom is -0.494 e. The van der Waals surface area contributed by atoms with Crippen LogP contribution in [-0.4, -0.2) is 33.1 Å². The van der Waals surface area contributed by atoms with Gasteiger partial charge < -0.3 is 14.6 Å². The number of carbonyl (C=O) groups is 2. The van der Waals surface area contributed by atoms with E-state index in [-0.39, 0.29) is 31.1 Å². The summed E-state index contributed by atoms with van der Waals surface area (Å²) in [5.74, 6) is 1.17. The second-order valence-corrected chi connectivity index (χ2v) is 6.86. The summed E-state index contributed by atoms with van der Waals surface area (Å²) in [6, 6.07) is 7.09. The Morgan fingerprint density at radius 1 is 1.18 bits per heavy atom. The van der Waals surface area contributed by atoms with E-state index < -0.39 is 0 Å². The third-order valence-electron chi connectivity index (χ3n) is 4.37. The van der Waals surface area contributed by atoms with Crippen LogP contribution < -0.4 is 10.1 Å². The summed E-state index contributed by atoms with van der Waals surface area (Å²) >= 11 is 5.11. The Morgan fingerprint density at radius 2 is 1.93 bits per heavy atom. The van der Waals surface area contributed by atoms with Crippen molar-refractivity contribution >= 4 is 23.9 Å². The molecular formula is C20H28N4O3S. The van der Waals surface area contributed by atoms with E-state index in [4.69, 9.17) is 17.0 Å². The fourth-order valence-electron chi connectivity index (χ4n) is 2.73. The van der Waals surface area contributed by atoms with Gasteiger partial charge in [0, 0.05) is 24.9 Å². The average molecular weight is 405 g/mol. The maximum atomic E-state index is 12.3. The maximum Gasteiger partial charge on any atom is 0.220 e. The highest BCUT2D eigenvalue weighted by molar-refractivity contribution is 7.71. The predicted octanol–water partition coefficient (Wildman–Crippen LogP) is 3.81. The normalized spacial score (nSPS) is 10.6. The van der Waals surface area contributed by atoms with Crippen LogP contribution in [0.1, 0.15) is 62.1 Å². The topological polar surface area (TPSA) is 89.0 Å². The van der Waals surface area contributed by atoms with E-state index in [1.807, 2.05) is 11.5 Å². The second-order valence-electron chi connectivity index (χ2n) is 6.47. The third kappa shape index (κ3) is 6.60. The molecule has 0 saturated heterocycles. The van der Waals surface area contributed by atoms with Gasteiger partial charge in [-0.1, -0.05) is 19.8 Å². The van der Waals surface area contributed by atoms with Crippen molar-refractivity contribution in [2.24, 2.45) is 0 Å². The minimum absolute atomic E-state index is 0.0658. The smallest absolute Gasteiger partial charge is 0.220 e. The van der Waals surface area contributed by atoms with Gasteiger partial charge in [0.05, 0.1) is 13.2 Å². The lowest BCUT2D eigenvalue weighted by Crippen LogP contribution is -2.25. The second kappa shape index (κ2) is 11.4. The first-order valence-electron chi connectivity index (χ1n) is 9.72. The minimum atomic E-state index is -0.194. The molecule has 1 aromatic heterocycles. The van der Waals surface area contributed by atoms with Gasteiger partial charge in [-0.15, -0.1) is 0 Å². The molecule has 1 aromatic carbocycles. The lowest BCUT2D eigenvalue weighted by atomic mass is 10.1. The zero-order valence-corrected chi connectivity index (χ0v) is 17.3. The van der Waals surface area contributed by atoms with Crippen molar-refractivity contribution in [2.45, 2.75) is 59.0 Å². The zero-order valence-electron chi connectivity index (χ0n) is 16.5. The quantitative estimate of drug-likeness (QED) is 0.319. The van der Waals surface area contributed by atoms with Gasteiger partial charge in [0.1, 0.15) is 5.75 Å². The summed E-state index contributed by atoms with van der Waals surface area (Å²) in [4.78, 5) is 24.3. The summed E-state index contributed by atoms with van der Waals surface area (Å²) in [6.07, 6.45) is 3.61. The maximum absolute atomic E-state index is 12.3. The van der Waals surface area contributed by atoms with Crippen LogP contribution in [0.5, 0.6) is 5.75 Å². The lowest BCUT2D eigenvalue weighted by molar-refractivity contribution is -0.121. The van der Waals surface area contributed by atoms with E-state index in [0.29, 0.717) is 29.3 Å². The molecule has 1 heterocycles. The van der Waals surface area contributed by atoms with E-state index in [1.54, 1.807) is 24.3 Å². The number of carbonyl (C=O) groups excluding carboxylic acids is 2. The number of ketones is 1. The van der Waals surface area contributed by atoms with Crippen LogP contribution >= 0.6 is 12.2 Å². The Morgan fingerprint density at radius 3 is 2.61 bits per heavy atom. The van der Waals surface area contributed by atoms with Crippen molar-refractivity contribution in [2.75, 3.05) is 6.61 Å². The SMILES string of the molecule is CCCCCOc1ccc(C(=O)CCC(=O)NCc2n[nH]c(=S)n2CC)cc1. The molecule has 0 saturated carbocycles. The van der Waals surface area contributed by atoms with Crippen molar-refractivity contribution in [3.05, 3.63) is 40.4 Å². The number of rotatable bonds is 12. The first-order chi connectivity index (χ1) is 13.5. The van der Waals surface area contributed by atoms with Gasteiger partial charge in [0.2, 0.25) is 5.91 Å². The number of H-pyrrole nitrogens is 1. The fourth-order valence-corrected chi connectivity index (χ4v) is 3.01. The van der Waals surface area contributed by atoms with Crippen molar-refractivity contribution in [1.29, 1.82) is 0 Å². The molecule has 0 aliphatic heterocycles. The summed E-state index contributed by atoms with van der Waals surface area (Å²) in [5.41, 5.74) is 0.584. The number of aromatic nitrogens is 3. The Hall–Kier alpha value is -2.48. The first-order valence-corrected chi connectivity index (χ1v) is 10.1. The molecule has 28 heavy (non-hydrogen) atoms. The first kappa shape index (κ1) is 21.8.